The molecule has 35 heavy (non-hydrogen) atoms. The molecule has 0 aliphatic rings. The second-order valence-corrected chi connectivity index (χ2v) is 7.42. The number of hydrogen-bond acceptors (Lipinski definition) is 5. The molecule has 4 rings (SSSR count). The molecule has 0 aromatic heterocycles. The molecule has 0 spiro atoms. The fourth-order valence-electron chi connectivity index (χ4n) is 3.32. The Balaban J connectivity index is 1.45. The van der Waals surface area contributed by atoms with Crippen LogP contribution in [-0.2, 0) is 6.61 Å². The number of hydrogen-bond donors (Lipinski definition) is 2. The summed E-state index contributed by atoms with van der Waals surface area (Å²) >= 11 is 0. The molecule has 0 saturated carbocycles. The quantitative estimate of drug-likeness (QED) is 0.259. The van der Waals surface area contributed by atoms with E-state index in [0.717, 1.165) is 16.3 Å². The highest BCUT2D eigenvalue weighted by Gasteiger charge is 2.30. The first-order valence-electron chi connectivity index (χ1n) is 10.4. The summed E-state index contributed by atoms with van der Waals surface area (Å²) in [5.74, 6) is -0.0715. The number of phenols is 1. The number of nitrogens with one attached hydrogen (secondary N) is 1. The molecule has 0 aliphatic heterocycles. The largest absolute Gasteiger partial charge is 0.573 e. The number of alkyl halides is 3. The number of ether oxygens (including phenoxy) is 2. The van der Waals surface area contributed by atoms with E-state index in [1.807, 2.05) is 24.3 Å². The van der Waals surface area contributed by atoms with Gasteiger partial charge >= 0.3 is 6.36 Å². The molecule has 0 saturated heterocycles. The molecule has 6 nitrogen and oxygen atoms in total. The summed E-state index contributed by atoms with van der Waals surface area (Å²) in [5, 5.41) is 15.0. The molecule has 1 amide bonds. The molecular formula is C26H19F3N2O4. The van der Waals surface area contributed by atoms with E-state index in [1.165, 1.54) is 54.7 Å². The van der Waals surface area contributed by atoms with Crippen LogP contribution in [0.3, 0.4) is 0 Å². The molecular weight excluding hydrogens is 461 g/mol. The van der Waals surface area contributed by atoms with Crippen molar-refractivity contribution < 1.29 is 32.5 Å². The number of carbonyl (C=O) groups is 1. The molecule has 0 atom stereocenters. The first-order chi connectivity index (χ1) is 16.8. The molecule has 4 aromatic rings. The molecule has 4 aromatic carbocycles. The summed E-state index contributed by atoms with van der Waals surface area (Å²) in [6.45, 7) is 0.145. The maximum absolute atomic E-state index is 12.3. The summed E-state index contributed by atoms with van der Waals surface area (Å²) in [5.41, 5.74) is 4.22. The zero-order chi connectivity index (χ0) is 24.8. The molecule has 9 heteroatoms. The lowest BCUT2D eigenvalue weighted by atomic mass is 10.0. The molecule has 0 bridgehead atoms. The van der Waals surface area contributed by atoms with Crippen LogP contribution in [0.5, 0.6) is 17.2 Å². The van der Waals surface area contributed by atoms with Crippen molar-refractivity contribution in [2.45, 2.75) is 13.0 Å². The average Bonchev–Trinajstić information content (AvgIpc) is 2.83. The van der Waals surface area contributed by atoms with Crippen molar-refractivity contribution in [2.75, 3.05) is 0 Å². The van der Waals surface area contributed by atoms with Gasteiger partial charge < -0.3 is 14.6 Å². The van der Waals surface area contributed by atoms with Crippen LogP contribution in [0.15, 0.2) is 90.0 Å². The SMILES string of the molecule is O=C(NN=Cc1ccc(OCc2ccc(OC(F)(F)F)cc2)c2ccccc12)c1ccc(O)cc1. The number of rotatable bonds is 7. The Morgan fingerprint density at radius 1 is 0.914 bits per heavy atom. The van der Waals surface area contributed by atoms with Crippen LogP contribution in [0.1, 0.15) is 21.5 Å². The number of carbonyl (C=O) groups excluding carboxylic acids is 1. The van der Waals surface area contributed by atoms with E-state index in [1.54, 1.807) is 12.1 Å². The van der Waals surface area contributed by atoms with E-state index >= 15 is 0 Å². The molecule has 0 unspecified atom stereocenters. The number of phenolic OH excluding ortho intramolecular Hbond substituents is 1. The van der Waals surface area contributed by atoms with Gasteiger partial charge in [0.15, 0.2) is 0 Å². The van der Waals surface area contributed by atoms with Crippen LogP contribution < -0.4 is 14.9 Å². The van der Waals surface area contributed by atoms with Gasteiger partial charge in [-0.15, -0.1) is 13.2 Å². The van der Waals surface area contributed by atoms with E-state index < -0.39 is 12.3 Å². The number of fused-ring (bicyclic) bond motifs is 1. The van der Waals surface area contributed by atoms with Gasteiger partial charge in [0, 0.05) is 16.5 Å². The first-order valence-corrected chi connectivity index (χ1v) is 10.4. The second kappa shape index (κ2) is 10.2. The molecule has 0 heterocycles. The van der Waals surface area contributed by atoms with Gasteiger partial charge in [-0.1, -0.05) is 36.4 Å². The Labute approximate surface area is 198 Å². The third-order valence-electron chi connectivity index (χ3n) is 4.97. The maximum Gasteiger partial charge on any atom is 0.573 e. The lowest BCUT2D eigenvalue weighted by molar-refractivity contribution is -0.274. The van der Waals surface area contributed by atoms with Crippen LogP contribution in [0.4, 0.5) is 13.2 Å². The highest BCUT2D eigenvalue weighted by Crippen LogP contribution is 2.29. The third kappa shape index (κ3) is 6.29. The van der Waals surface area contributed by atoms with Gasteiger partial charge in [-0.2, -0.15) is 5.10 Å². The zero-order valence-electron chi connectivity index (χ0n) is 18.1. The summed E-state index contributed by atoms with van der Waals surface area (Å²) in [6, 6.07) is 22.3. The minimum Gasteiger partial charge on any atom is -0.508 e. The van der Waals surface area contributed by atoms with Crippen molar-refractivity contribution >= 4 is 22.9 Å². The fourth-order valence-corrected chi connectivity index (χ4v) is 3.32. The van der Waals surface area contributed by atoms with Gasteiger partial charge in [0.25, 0.3) is 5.91 Å². The second-order valence-electron chi connectivity index (χ2n) is 7.42. The molecule has 2 N–H and O–H groups in total. The van der Waals surface area contributed by atoms with Gasteiger partial charge in [-0.05, 0) is 59.5 Å². The number of benzene rings is 4. The van der Waals surface area contributed by atoms with Crippen molar-refractivity contribution in [3.63, 3.8) is 0 Å². The van der Waals surface area contributed by atoms with E-state index in [0.29, 0.717) is 16.9 Å². The standard InChI is InChI=1S/C26H19F3N2O4/c27-26(28,29)35-21-12-5-17(6-13-21)16-34-24-14-9-19(22-3-1-2-4-23(22)24)15-30-31-25(33)18-7-10-20(32)11-8-18/h1-15,32H,16H2,(H,31,33). The minimum atomic E-state index is -4.74. The first kappa shape index (κ1) is 23.6. The Kier molecular flexibility index (Phi) is 6.86. The number of amides is 1. The van der Waals surface area contributed by atoms with Crippen molar-refractivity contribution in [1.82, 2.24) is 5.43 Å². The van der Waals surface area contributed by atoms with Crippen molar-refractivity contribution in [3.8, 4) is 17.2 Å². The van der Waals surface area contributed by atoms with E-state index in [4.69, 9.17) is 4.74 Å². The van der Waals surface area contributed by atoms with Crippen LogP contribution in [-0.4, -0.2) is 23.6 Å². The number of hydrazone groups is 1. The lowest BCUT2D eigenvalue weighted by Gasteiger charge is -2.12. The molecule has 0 radical (unpaired) electrons. The van der Waals surface area contributed by atoms with E-state index in [2.05, 4.69) is 15.3 Å². The molecule has 0 fully saturated rings. The minimum absolute atomic E-state index is 0.0614. The normalized spacial score (nSPS) is 11.5. The zero-order valence-corrected chi connectivity index (χ0v) is 18.1. The average molecular weight is 480 g/mol. The van der Waals surface area contributed by atoms with Gasteiger partial charge in [0.1, 0.15) is 23.9 Å². The van der Waals surface area contributed by atoms with Gasteiger partial charge in [-0.3, -0.25) is 4.79 Å². The van der Waals surface area contributed by atoms with Crippen LogP contribution in [0.2, 0.25) is 0 Å². The van der Waals surface area contributed by atoms with Crippen LogP contribution >= 0.6 is 0 Å². The highest BCUT2D eigenvalue weighted by molar-refractivity contribution is 6.03. The third-order valence-corrected chi connectivity index (χ3v) is 4.97. The monoisotopic (exact) mass is 480 g/mol. The Bertz CT molecular complexity index is 1350. The Morgan fingerprint density at radius 2 is 1.60 bits per heavy atom. The Morgan fingerprint density at radius 3 is 2.29 bits per heavy atom. The topological polar surface area (TPSA) is 80.2 Å². The highest BCUT2D eigenvalue weighted by atomic mass is 19.4. The number of nitrogens with zero attached hydrogens (tertiary/aromatic N) is 1. The van der Waals surface area contributed by atoms with E-state index in [9.17, 15) is 23.1 Å². The van der Waals surface area contributed by atoms with Gasteiger partial charge in [-0.25, -0.2) is 5.43 Å². The number of aromatic hydroxyl groups is 1. The maximum atomic E-state index is 12.3. The smallest absolute Gasteiger partial charge is 0.508 e. The summed E-state index contributed by atoms with van der Waals surface area (Å²) in [4.78, 5) is 12.2. The Hall–Kier alpha value is -4.53. The predicted octanol–water partition coefficient (Wildman–Crippen LogP) is 5.79. The van der Waals surface area contributed by atoms with Crippen molar-refractivity contribution in [1.29, 1.82) is 0 Å². The van der Waals surface area contributed by atoms with Gasteiger partial charge in [0.05, 0.1) is 6.21 Å². The van der Waals surface area contributed by atoms with Crippen molar-refractivity contribution in [2.24, 2.45) is 5.10 Å². The molecule has 0 aliphatic carbocycles. The predicted molar refractivity (Wildman–Crippen MR) is 125 cm³/mol. The molecule has 178 valence electrons. The number of halogens is 3. The lowest BCUT2D eigenvalue weighted by Crippen LogP contribution is -2.17. The summed E-state index contributed by atoms with van der Waals surface area (Å²) in [7, 11) is 0. The summed E-state index contributed by atoms with van der Waals surface area (Å²) in [6.07, 6.45) is -3.22. The van der Waals surface area contributed by atoms with Gasteiger partial charge in [0.2, 0.25) is 0 Å². The van der Waals surface area contributed by atoms with Crippen molar-refractivity contribution in [3.05, 3.63) is 102 Å². The van der Waals surface area contributed by atoms with Crippen LogP contribution in [0, 0.1) is 0 Å². The summed E-state index contributed by atoms with van der Waals surface area (Å²) < 4.78 is 46.7. The fraction of sp³-hybridized carbons (Fsp3) is 0.0769. The van der Waals surface area contributed by atoms with Crippen LogP contribution in [0.25, 0.3) is 10.8 Å². The van der Waals surface area contributed by atoms with E-state index in [-0.39, 0.29) is 18.1 Å².